The minimum absolute atomic E-state index is 0.849. The van der Waals surface area contributed by atoms with Gasteiger partial charge in [0.25, 0.3) is 0 Å². The van der Waals surface area contributed by atoms with Gasteiger partial charge in [-0.1, -0.05) is 36.4 Å². The average Bonchev–Trinajstić information content (AvgIpc) is 3.14. The van der Waals surface area contributed by atoms with E-state index in [1.54, 1.807) is 6.20 Å². The molecule has 0 aliphatic carbocycles. The highest BCUT2D eigenvalue weighted by Gasteiger charge is 2.15. The van der Waals surface area contributed by atoms with Crippen molar-refractivity contribution in [2.75, 3.05) is 0 Å². The van der Waals surface area contributed by atoms with Gasteiger partial charge in [0.1, 0.15) is 5.82 Å². The Kier molecular flexibility index (Phi) is 3.95. The van der Waals surface area contributed by atoms with Gasteiger partial charge in [0.05, 0.1) is 22.4 Å². The number of para-hydroxylation sites is 3. The number of pyridine rings is 2. The largest absolute Gasteiger partial charge is 0.292 e. The third-order valence-electron chi connectivity index (χ3n) is 4.71. The Hall–Kier alpha value is -3.79. The van der Waals surface area contributed by atoms with Gasteiger partial charge in [-0.25, -0.2) is 4.98 Å². The predicted octanol–water partition coefficient (Wildman–Crippen LogP) is 5.46. The molecule has 3 heterocycles. The second kappa shape index (κ2) is 6.74. The molecule has 0 atom stereocenters. The Morgan fingerprint density at radius 2 is 1.50 bits per heavy atom. The first-order valence-corrected chi connectivity index (χ1v) is 9.23. The van der Waals surface area contributed by atoms with Crippen LogP contribution in [0.3, 0.4) is 0 Å². The number of aromatic nitrogens is 4. The minimum Gasteiger partial charge on any atom is -0.292 e. The van der Waals surface area contributed by atoms with E-state index < -0.39 is 0 Å². The number of imidazole rings is 1. The first-order valence-electron chi connectivity index (χ1n) is 9.23. The topological polar surface area (TPSA) is 43.6 Å². The fourth-order valence-electron chi connectivity index (χ4n) is 3.50. The summed E-state index contributed by atoms with van der Waals surface area (Å²) in [6.07, 6.45) is 1.79. The molecule has 0 N–H and O–H groups in total. The summed E-state index contributed by atoms with van der Waals surface area (Å²) in [5.74, 6) is 0.898. The van der Waals surface area contributed by atoms with Gasteiger partial charge in [-0.2, -0.15) is 0 Å². The maximum atomic E-state index is 4.95. The van der Waals surface area contributed by atoms with Crippen molar-refractivity contribution < 1.29 is 0 Å². The highest BCUT2D eigenvalue weighted by Crippen LogP contribution is 2.30. The second-order valence-electron chi connectivity index (χ2n) is 6.69. The maximum Gasteiger partial charge on any atom is 0.145 e. The average molecular weight is 362 g/mol. The Labute approximate surface area is 163 Å². The molecule has 0 aliphatic rings. The number of aryl methyl sites for hydroxylation is 1. The number of rotatable bonds is 3. The lowest BCUT2D eigenvalue weighted by molar-refractivity contribution is 1.09. The molecule has 0 amide bonds. The molecule has 0 radical (unpaired) electrons. The van der Waals surface area contributed by atoms with E-state index in [9.17, 15) is 0 Å². The molecular weight excluding hydrogens is 344 g/mol. The summed E-state index contributed by atoms with van der Waals surface area (Å²) >= 11 is 0. The Morgan fingerprint density at radius 1 is 0.714 bits per heavy atom. The van der Waals surface area contributed by atoms with Crippen LogP contribution in [-0.2, 0) is 0 Å². The van der Waals surface area contributed by atoms with E-state index >= 15 is 0 Å². The molecule has 4 nitrogen and oxygen atoms in total. The van der Waals surface area contributed by atoms with Crippen molar-refractivity contribution in [3.8, 4) is 28.5 Å². The van der Waals surface area contributed by atoms with Gasteiger partial charge in [0, 0.05) is 23.1 Å². The molecule has 28 heavy (non-hydrogen) atoms. The van der Waals surface area contributed by atoms with Crippen LogP contribution in [0.15, 0.2) is 91.1 Å². The van der Waals surface area contributed by atoms with E-state index in [1.165, 1.54) is 0 Å². The van der Waals surface area contributed by atoms with Crippen LogP contribution in [0.4, 0.5) is 0 Å². The van der Waals surface area contributed by atoms with Crippen molar-refractivity contribution in [2.45, 2.75) is 6.92 Å². The lowest BCUT2D eigenvalue weighted by atomic mass is 10.1. The van der Waals surface area contributed by atoms with Gasteiger partial charge < -0.3 is 0 Å². The maximum absolute atomic E-state index is 4.95. The summed E-state index contributed by atoms with van der Waals surface area (Å²) in [4.78, 5) is 14.1. The summed E-state index contributed by atoms with van der Waals surface area (Å²) in [5.41, 5.74) is 6.79. The Balaban J connectivity index is 1.78. The van der Waals surface area contributed by atoms with Gasteiger partial charge >= 0.3 is 0 Å². The molecule has 0 saturated carbocycles. The highest BCUT2D eigenvalue weighted by atomic mass is 15.1. The quantitative estimate of drug-likeness (QED) is 0.428. The number of fused-ring (bicyclic) bond motifs is 1. The van der Waals surface area contributed by atoms with Gasteiger partial charge in [0.2, 0.25) is 0 Å². The van der Waals surface area contributed by atoms with Gasteiger partial charge in [-0.3, -0.25) is 14.5 Å². The highest BCUT2D eigenvalue weighted by molar-refractivity contribution is 5.83. The zero-order valence-corrected chi connectivity index (χ0v) is 15.4. The van der Waals surface area contributed by atoms with Crippen molar-refractivity contribution >= 4 is 11.0 Å². The second-order valence-corrected chi connectivity index (χ2v) is 6.69. The molecule has 5 rings (SSSR count). The predicted molar refractivity (Wildman–Crippen MR) is 112 cm³/mol. The number of hydrogen-bond acceptors (Lipinski definition) is 3. The molecule has 0 aliphatic heterocycles. The molecule has 2 aromatic carbocycles. The van der Waals surface area contributed by atoms with Crippen LogP contribution < -0.4 is 0 Å². The summed E-state index contributed by atoms with van der Waals surface area (Å²) in [7, 11) is 0. The lowest BCUT2D eigenvalue weighted by Crippen LogP contribution is -1.99. The van der Waals surface area contributed by atoms with Crippen LogP contribution >= 0.6 is 0 Å². The normalized spacial score (nSPS) is 11.0. The van der Waals surface area contributed by atoms with Crippen LogP contribution in [0.5, 0.6) is 0 Å². The fraction of sp³-hybridized carbons (Fsp3) is 0.0417. The first-order chi connectivity index (χ1) is 13.8. The van der Waals surface area contributed by atoms with E-state index in [2.05, 4.69) is 44.9 Å². The smallest absolute Gasteiger partial charge is 0.145 e. The molecule has 0 bridgehead atoms. The van der Waals surface area contributed by atoms with E-state index in [1.807, 2.05) is 61.5 Å². The van der Waals surface area contributed by atoms with Crippen LogP contribution in [0.25, 0.3) is 39.5 Å². The molecule has 4 heteroatoms. The monoisotopic (exact) mass is 362 g/mol. The fourth-order valence-corrected chi connectivity index (χ4v) is 3.50. The Bertz CT molecular complexity index is 1260. The molecule has 0 spiro atoms. The summed E-state index contributed by atoms with van der Waals surface area (Å²) in [6, 6.07) is 28.5. The minimum atomic E-state index is 0.849. The molecule has 0 fully saturated rings. The van der Waals surface area contributed by atoms with E-state index in [0.29, 0.717) is 0 Å². The zero-order chi connectivity index (χ0) is 18.9. The van der Waals surface area contributed by atoms with Crippen molar-refractivity contribution in [3.63, 3.8) is 0 Å². The molecule has 0 saturated heterocycles. The molecular formula is C24H18N4. The van der Waals surface area contributed by atoms with E-state index in [0.717, 1.165) is 45.2 Å². The summed E-state index contributed by atoms with van der Waals surface area (Å²) in [5, 5.41) is 0. The number of hydrogen-bond donors (Lipinski definition) is 0. The molecule has 3 aromatic heterocycles. The summed E-state index contributed by atoms with van der Waals surface area (Å²) < 4.78 is 2.20. The van der Waals surface area contributed by atoms with Crippen molar-refractivity contribution in [1.82, 2.24) is 19.5 Å². The molecule has 5 aromatic rings. The van der Waals surface area contributed by atoms with Crippen LogP contribution in [-0.4, -0.2) is 19.5 Å². The zero-order valence-electron chi connectivity index (χ0n) is 15.4. The standard InChI is InChI=1S/C24H18N4/c1-17-15-18(16-22(26-17)20-11-7-8-14-25-20)24-27-21-12-5-6-13-23(21)28(24)19-9-3-2-4-10-19/h2-16H,1H3. The number of nitrogens with zero attached hydrogens (tertiary/aromatic N) is 4. The van der Waals surface area contributed by atoms with Gasteiger partial charge in [-0.15, -0.1) is 0 Å². The SMILES string of the molecule is Cc1cc(-c2nc3ccccc3n2-c2ccccc2)cc(-c2ccccn2)n1. The van der Waals surface area contributed by atoms with Crippen LogP contribution in [0.1, 0.15) is 5.69 Å². The third kappa shape index (κ3) is 2.85. The van der Waals surface area contributed by atoms with Crippen LogP contribution in [0.2, 0.25) is 0 Å². The van der Waals surface area contributed by atoms with Crippen molar-refractivity contribution in [1.29, 1.82) is 0 Å². The van der Waals surface area contributed by atoms with Gasteiger partial charge in [0.15, 0.2) is 0 Å². The van der Waals surface area contributed by atoms with E-state index in [4.69, 9.17) is 4.98 Å². The van der Waals surface area contributed by atoms with Gasteiger partial charge in [-0.05, 0) is 55.5 Å². The first kappa shape index (κ1) is 16.4. The third-order valence-corrected chi connectivity index (χ3v) is 4.71. The van der Waals surface area contributed by atoms with Crippen molar-refractivity contribution in [3.05, 3.63) is 96.8 Å². The Morgan fingerprint density at radius 3 is 2.32 bits per heavy atom. The number of benzene rings is 2. The lowest BCUT2D eigenvalue weighted by Gasteiger charge is -2.11. The summed E-state index contributed by atoms with van der Waals surface area (Å²) in [6.45, 7) is 2.01. The van der Waals surface area contributed by atoms with E-state index in [-0.39, 0.29) is 0 Å². The van der Waals surface area contributed by atoms with Crippen LogP contribution in [0, 0.1) is 6.92 Å². The van der Waals surface area contributed by atoms with Crippen molar-refractivity contribution in [2.24, 2.45) is 0 Å². The molecule has 134 valence electrons. The molecule has 0 unspecified atom stereocenters.